The van der Waals surface area contributed by atoms with E-state index in [0.29, 0.717) is 18.7 Å². The number of rotatable bonds is 7. The van der Waals surface area contributed by atoms with E-state index in [-0.39, 0.29) is 11.3 Å². The van der Waals surface area contributed by atoms with Gasteiger partial charge in [-0.15, -0.1) is 0 Å². The molecule has 1 fully saturated rings. The zero-order valence-electron chi connectivity index (χ0n) is 16.2. The Hall–Kier alpha value is -2.37. The normalized spacial score (nSPS) is 15.9. The van der Waals surface area contributed by atoms with Gasteiger partial charge in [0, 0.05) is 31.8 Å². The lowest BCUT2D eigenvalue weighted by Crippen LogP contribution is -2.47. The first kappa shape index (κ1) is 19.4. The van der Waals surface area contributed by atoms with Crippen LogP contribution < -0.4 is 15.5 Å². The number of anilines is 2. The molecule has 1 amide bonds. The maximum Gasteiger partial charge on any atom is 0.253 e. The van der Waals surface area contributed by atoms with E-state index in [2.05, 4.69) is 10.6 Å². The van der Waals surface area contributed by atoms with Crippen LogP contribution >= 0.6 is 0 Å². The summed E-state index contributed by atoms with van der Waals surface area (Å²) >= 11 is 0. The number of nitrogens with one attached hydrogen (secondary N) is 2. The molecular weight excluding hydrogens is 338 g/mol. The van der Waals surface area contributed by atoms with E-state index in [4.69, 9.17) is 4.74 Å². The molecule has 0 aliphatic carbocycles. The summed E-state index contributed by atoms with van der Waals surface area (Å²) in [5, 5.41) is 6.55. The lowest BCUT2D eigenvalue weighted by molar-refractivity contribution is 0.0512. The van der Waals surface area contributed by atoms with Gasteiger partial charge in [0.05, 0.1) is 17.9 Å². The van der Waals surface area contributed by atoms with Crippen molar-refractivity contribution in [2.45, 2.75) is 12.8 Å². The summed E-state index contributed by atoms with van der Waals surface area (Å²) in [6.45, 7) is 3.23. The van der Waals surface area contributed by atoms with Gasteiger partial charge in [0.2, 0.25) is 0 Å². The molecule has 5 nitrogen and oxygen atoms in total. The Balaban J connectivity index is 1.75. The molecule has 0 bridgehead atoms. The van der Waals surface area contributed by atoms with Crippen LogP contribution in [0.15, 0.2) is 54.6 Å². The molecule has 1 saturated heterocycles. The molecule has 27 heavy (non-hydrogen) atoms. The second-order valence-electron chi connectivity index (χ2n) is 7.28. The van der Waals surface area contributed by atoms with Gasteiger partial charge in [0.25, 0.3) is 5.91 Å². The van der Waals surface area contributed by atoms with Crippen molar-refractivity contribution in [2.24, 2.45) is 5.41 Å². The Morgan fingerprint density at radius 2 is 1.78 bits per heavy atom. The third kappa shape index (κ3) is 4.67. The fourth-order valence-corrected chi connectivity index (χ4v) is 3.75. The van der Waals surface area contributed by atoms with E-state index in [1.165, 1.54) is 0 Å². The minimum absolute atomic E-state index is 0.00986. The van der Waals surface area contributed by atoms with Gasteiger partial charge >= 0.3 is 0 Å². The van der Waals surface area contributed by atoms with E-state index in [1.54, 1.807) is 7.11 Å². The maximum atomic E-state index is 13.0. The summed E-state index contributed by atoms with van der Waals surface area (Å²) in [6, 6.07) is 17.8. The highest BCUT2D eigenvalue weighted by Gasteiger charge is 2.32. The lowest BCUT2D eigenvalue weighted by Gasteiger charge is -2.37. The minimum atomic E-state index is -0.0395. The second kappa shape index (κ2) is 9.02. The first-order valence-electron chi connectivity index (χ1n) is 9.51. The number of carbonyl (C=O) groups excluding carboxylic acids is 1. The van der Waals surface area contributed by atoms with Gasteiger partial charge in [-0.3, -0.25) is 4.79 Å². The standard InChI is InChI=1S/C22H29N3O2/c1-25(18-8-4-3-5-9-18)20-11-7-6-10-19(20)21(26)24-16-22(17-27-2)12-14-23-15-13-22/h3-11,23H,12-17H2,1-2H3,(H,24,26). The number of hydrogen-bond donors (Lipinski definition) is 2. The first-order chi connectivity index (χ1) is 13.2. The fraction of sp³-hybridized carbons (Fsp3) is 0.409. The molecule has 2 N–H and O–H groups in total. The van der Waals surface area contributed by atoms with Crippen LogP contribution in [0.25, 0.3) is 0 Å². The van der Waals surface area contributed by atoms with Crippen LogP contribution in [0.3, 0.4) is 0 Å². The van der Waals surface area contributed by atoms with Crippen LogP contribution in [0.5, 0.6) is 0 Å². The van der Waals surface area contributed by atoms with Crippen LogP contribution in [0, 0.1) is 5.41 Å². The molecule has 1 aliphatic heterocycles. The van der Waals surface area contributed by atoms with Crippen molar-refractivity contribution < 1.29 is 9.53 Å². The van der Waals surface area contributed by atoms with Crippen LogP contribution in [0.2, 0.25) is 0 Å². The fourth-order valence-electron chi connectivity index (χ4n) is 3.75. The average molecular weight is 367 g/mol. The molecule has 5 heteroatoms. The summed E-state index contributed by atoms with van der Waals surface area (Å²) in [6.07, 6.45) is 2.01. The van der Waals surface area contributed by atoms with Gasteiger partial charge < -0.3 is 20.3 Å². The second-order valence-corrected chi connectivity index (χ2v) is 7.28. The number of hydrogen-bond acceptors (Lipinski definition) is 4. The number of piperidine rings is 1. The minimum Gasteiger partial charge on any atom is -0.384 e. The third-order valence-electron chi connectivity index (χ3n) is 5.39. The lowest BCUT2D eigenvalue weighted by atomic mass is 9.79. The average Bonchev–Trinajstić information content (AvgIpc) is 2.73. The smallest absolute Gasteiger partial charge is 0.253 e. The molecule has 0 aromatic heterocycles. The van der Waals surface area contributed by atoms with Gasteiger partial charge in [0.1, 0.15) is 0 Å². The molecule has 0 unspecified atom stereocenters. The predicted octanol–water partition coefficient (Wildman–Crippen LogP) is 3.20. The van der Waals surface area contributed by atoms with E-state index in [9.17, 15) is 4.79 Å². The molecule has 3 rings (SSSR count). The van der Waals surface area contributed by atoms with Crippen molar-refractivity contribution in [2.75, 3.05) is 45.3 Å². The first-order valence-corrected chi connectivity index (χ1v) is 9.51. The van der Waals surface area contributed by atoms with Crippen molar-refractivity contribution in [3.63, 3.8) is 0 Å². The van der Waals surface area contributed by atoms with E-state index in [1.807, 2.05) is 66.5 Å². The van der Waals surface area contributed by atoms with Crippen LogP contribution in [-0.4, -0.2) is 46.3 Å². The van der Waals surface area contributed by atoms with Gasteiger partial charge in [-0.2, -0.15) is 0 Å². The topological polar surface area (TPSA) is 53.6 Å². The Kier molecular flexibility index (Phi) is 6.48. The molecule has 1 aliphatic rings. The Morgan fingerprint density at radius 1 is 1.11 bits per heavy atom. The molecule has 144 valence electrons. The summed E-state index contributed by atoms with van der Waals surface area (Å²) < 4.78 is 5.46. The molecule has 0 atom stereocenters. The Labute approximate surface area is 161 Å². The maximum absolute atomic E-state index is 13.0. The van der Waals surface area contributed by atoms with E-state index in [0.717, 1.165) is 37.3 Å². The highest BCUT2D eigenvalue weighted by molar-refractivity contribution is 6.00. The zero-order valence-corrected chi connectivity index (χ0v) is 16.2. The summed E-state index contributed by atoms with van der Waals surface area (Å²) in [5.41, 5.74) is 2.64. The molecule has 2 aromatic carbocycles. The molecule has 0 saturated carbocycles. The number of nitrogens with zero attached hydrogens (tertiary/aromatic N) is 1. The Bertz CT molecular complexity index is 737. The van der Waals surface area contributed by atoms with Crippen LogP contribution in [0.1, 0.15) is 23.2 Å². The quantitative estimate of drug-likeness (QED) is 0.789. The number of carbonyl (C=O) groups is 1. The summed E-state index contributed by atoms with van der Waals surface area (Å²) in [4.78, 5) is 15.0. The third-order valence-corrected chi connectivity index (χ3v) is 5.39. The van der Waals surface area contributed by atoms with Gasteiger partial charge in [-0.25, -0.2) is 0 Å². The van der Waals surface area contributed by atoms with Crippen molar-refractivity contribution in [3.05, 3.63) is 60.2 Å². The van der Waals surface area contributed by atoms with Gasteiger partial charge in [-0.05, 0) is 50.2 Å². The van der Waals surface area contributed by atoms with Crippen LogP contribution in [-0.2, 0) is 4.74 Å². The number of amides is 1. The summed E-state index contributed by atoms with van der Waals surface area (Å²) in [5.74, 6) is -0.0395. The van der Waals surface area contributed by atoms with E-state index < -0.39 is 0 Å². The van der Waals surface area contributed by atoms with Gasteiger partial charge in [0.15, 0.2) is 0 Å². The highest BCUT2D eigenvalue weighted by Crippen LogP contribution is 2.30. The zero-order chi connectivity index (χ0) is 19.1. The molecule has 2 aromatic rings. The number of para-hydroxylation sites is 2. The largest absolute Gasteiger partial charge is 0.384 e. The van der Waals surface area contributed by atoms with Crippen molar-refractivity contribution in [1.82, 2.24) is 10.6 Å². The highest BCUT2D eigenvalue weighted by atomic mass is 16.5. The van der Waals surface area contributed by atoms with Crippen molar-refractivity contribution in [3.8, 4) is 0 Å². The van der Waals surface area contributed by atoms with Crippen molar-refractivity contribution >= 4 is 17.3 Å². The monoisotopic (exact) mass is 367 g/mol. The van der Waals surface area contributed by atoms with Gasteiger partial charge in [-0.1, -0.05) is 30.3 Å². The Morgan fingerprint density at radius 3 is 2.48 bits per heavy atom. The number of benzene rings is 2. The van der Waals surface area contributed by atoms with E-state index >= 15 is 0 Å². The number of methoxy groups -OCH3 is 1. The molecule has 0 radical (unpaired) electrons. The predicted molar refractivity (Wildman–Crippen MR) is 110 cm³/mol. The SMILES string of the molecule is COCC1(CNC(=O)c2ccccc2N(C)c2ccccc2)CCNCC1. The molecule has 1 heterocycles. The number of ether oxygens (including phenoxy) is 1. The van der Waals surface area contributed by atoms with Crippen LogP contribution in [0.4, 0.5) is 11.4 Å². The molecule has 0 spiro atoms. The van der Waals surface area contributed by atoms with Crippen molar-refractivity contribution in [1.29, 1.82) is 0 Å². The molecular formula is C22H29N3O2. The summed E-state index contributed by atoms with van der Waals surface area (Å²) in [7, 11) is 3.72.